The highest BCUT2D eigenvalue weighted by Gasteiger charge is 2.22. The van der Waals surface area contributed by atoms with Crippen molar-refractivity contribution < 1.29 is 19.1 Å². The SMILES string of the molecule is CN(C(=O)CSCC(=O)OCC(=O)Nc1ccc(Cl)cc1)C1CCCCC1. The minimum absolute atomic E-state index is 0.0279. The van der Waals surface area contributed by atoms with Gasteiger partial charge in [0.25, 0.3) is 5.91 Å². The highest BCUT2D eigenvalue weighted by atomic mass is 35.5. The predicted octanol–water partition coefficient (Wildman–Crippen LogP) is 3.35. The standard InChI is InChI=1S/C19H25ClN2O4S/c1-22(16-5-3-2-4-6-16)18(24)12-27-13-19(25)26-11-17(23)21-15-9-7-14(20)8-10-15/h7-10,16H,2-6,11-13H2,1H3,(H,21,23). The maximum Gasteiger partial charge on any atom is 0.316 e. The number of anilines is 1. The molecule has 1 N–H and O–H groups in total. The Morgan fingerprint density at radius 2 is 1.81 bits per heavy atom. The Bertz CT molecular complexity index is 648. The van der Waals surface area contributed by atoms with E-state index >= 15 is 0 Å². The van der Waals surface area contributed by atoms with E-state index in [1.54, 1.807) is 29.2 Å². The number of hydrogen-bond donors (Lipinski definition) is 1. The van der Waals surface area contributed by atoms with Crippen molar-refractivity contribution in [1.82, 2.24) is 4.90 Å². The van der Waals surface area contributed by atoms with Crippen LogP contribution in [0, 0.1) is 0 Å². The smallest absolute Gasteiger partial charge is 0.316 e. The van der Waals surface area contributed by atoms with Gasteiger partial charge in [-0.3, -0.25) is 14.4 Å². The van der Waals surface area contributed by atoms with Crippen LogP contribution in [0.4, 0.5) is 5.69 Å². The van der Waals surface area contributed by atoms with Gasteiger partial charge in [-0.1, -0.05) is 30.9 Å². The monoisotopic (exact) mass is 412 g/mol. The van der Waals surface area contributed by atoms with E-state index in [-0.39, 0.29) is 24.0 Å². The second kappa shape index (κ2) is 11.2. The topological polar surface area (TPSA) is 75.7 Å². The number of nitrogens with zero attached hydrogens (tertiary/aromatic N) is 1. The zero-order valence-electron chi connectivity index (χ0n) is 15.4. The summed E-state index contributed by atoms with van der Waals surface area (Å²) in [5.74, 6) is -0.638. The summed E-state index contributed by atoms with van der Waals surface area (Å²) in [4.78, 5) is 37.5. The Balaban J connectivity index is 1.60. The van der Waals surface area contributed by atoms with Crippen molar-refractivity contribution >= 4 is 46.8 Å². The van der Waals surface area contributed by atoms with Crippen molar-refractivity contribution in [1.29, 1.82) is 0 Å². The van der Waals surface area contributed by atoms with Crippen LogP contribution in [-0.4, -0.2) is 53.9 Å². The van der Waals surface area contributed by atoms with E-state index in [2.05, 4.69) is 5.32 Å². The zero-order chi connectivity index (χ0) is 19.6. The lowest BCUT2D eigenvalue weighted by Crippen LogP contribution is -2.39. The molecule has 1 aliphatic rings. The molecular weight excluding hydrogens is 388 g/mol. The number of halogens is 1. The first-order valence-electron chi connectivity index (χ1n) is 9.00. The quantitative estimate of drug-likeness (QED) is 0.662. The Hall–Kier alpha value is -1.73. The average Bonchev–Trinajstić information content (AvgIpc) is 2.68. The van der Waals surface area contributed by atoms with Crippen LogP contribution in [0.2, 0.25) is 5.02 Å². The van der Waals surface area contributed by atoms with Crippen LogP contribution < -0.4 is 5.32 Å². The second-order valence-corrected chi connectivity index (χ2v) is 7.93. The fraction of sp³-hybridized carbons (Fsp3) is 0.526. The number of hydrogen-bond acceptors (Lipinski definition) is 5. The summed E-state index contributed by atoms with van der Waals surface area (Å²) < 4.78 is 4.94. The van der Waals surface area contributed by atoms with Gasteiger partial charge in [-0.2, -0.15) is 0 Å². The molecule has 2 amide bonds. The van der Waals surface area contributed by atoms with Crippen LogP contribution in [0.5, 0.6) is 0 Å². The Labute approximate surface area is 169 Å². The predicted molar refractivity (Wildman–Crippen MR) is 108 cm³/mol. The number of ether oxygens (including phenoxy) is 1. The third-order valence-electron chi connectivity index (χ3n) is 4.45. The van der Waals surface area contributed by atoms with Gasteiger partial charge in [-0.15, -0.1) is 11.8 Å². The highest BCUT2D eigenvalue weighted by Crippen LogP contribution is 2.22. The maximum absolute atomic E-state index is 12.2. The molecule has 0 spiro atoms. The van der Waals surface area contributed by atoms with E-state index in [9.17, 15) is 14.4 Å². The van der Waals surface area contributed by atoms with Crippen LogP contribution in [0.1, 0.15) is 32.1 Å². The summed E-state index contributed by atoms with van der Waals surface area (Å²) in [7, 11) is 1.83. The second-order valence-electron chi connectivity index (χ2n) is 6.51. The molecule has 0 saturated heterocycles. The number of esters is 1. The van der Waals surface area contributed by atoms with Gasteiger partial charge in [0.15, 0.2) is 6.61 Å². The molecule has 0 unspecified atom stereocenters. The molecule has 1 aliphatic carbocycles. The molecule has 1 aromatic rings. The third-order valence-corrected chi connectivity index (χ3v) is 5.60. The normalized spacial score (nSPS) is 14.4. The first-order chi connectivity index (χ1) is 13.0. The van der Waals surface area contributed by atoms with Crippen molar-refractivity contribution in [2.45, 2.75) is 38.1 Å². The lowest BCUT2D eigenvalue weighted by Gasteiger charge is -2.31. The van der Waals surface area contributed by atoms with Crippen molar-refractivity contribution in [3.05, 3.63) is 29.3 Å². The van der Waals surface area contributed by atoms with Crippen LogP contribution >= 0.6 is 23.4 Å². The minimum Gasteiger partial charge on any atom is -0.455 e. The van der Waals surface area contributed by atoms with Gasteiger partial charge in [0.2, 0.25) is 5.91 Å². The van der Waals surface area contributed by atoms with E-state index in [4.69, 9.17) is 16.3 Å². The molecule has 1 aromatic carbocycles. The molecule has 0 aromatic heterocycles. The number of nitrogens with one attached hydrogen (secondary N) is 1. The lowest BCUT2D eigenvalue weighted by atomic mass is 9.94. The van der Waals surface area contributed by atoms with Crippen molar-refractivity contribution in [2.75, 3.05) is 30.5 Å². The molecule has 148 valence electrons. The van der Waals surface area contributed by atoms with Gasteiger partial charge >= 0.3 is 5.97 Å². The Morgan fingerprint density at radius 3 is 2.48 bits per heavy atom. The summed E-state index contributed by atoms with van der Waals surface area (Å²) in [6.07, 6.45) is 5.68. The maximum atomic E-state index is 12.2. The summed E-state index contributed by atoms with van der Waals surface area (Å²) >= 11 is 6.98. The lowest BCUT2D eigenvalue weighted by molar-refractivity contribution is -0.144. The van der Waals surface area contributed by atoms with E-state index in [1.165, 1.54) is 31.0 Å². The van der Waals surface area contributed by atoms with Crippen molar-refractivity contribution in [2.24, 2.45) is 0 Å². The van der Waals surface area contributed by atoms with E-state index in [1.807, 2.05) is 7.05 Å². The summed E-state index contributed by atoms with van der Waals surface area (Å²) in [5.41, 5.74) is 0.575. The number of carbonyl (C=O) groups is 3. The van der Waals surface area contributed by atoms with Gasteiger partial charge in [0.1, 0.15) is 0 Å². The number of carbonyl (C=O) groups excluding carboxylic acids is 3. The van der Waals surface area contributed by atoms with Gasteiger partial charge in [0.05, 0.1) is 11.5 Å². The van der Waals surface area contributed by atoms with E-state index in [0.29, 0.717) is 16.8 Å². The number of rotatable bonds is 8. The summed E-state index contributed by atoms with van der Waals surface area (Å²) in [6.45, 7) is -0.363. The van der Waals surface area contributed by atoms with Gasteiger partial charge in [-0.25, -0.2) is 0 Å². The first-order valence-corrected chi connectivity index (χ1v) is 10.5. The zero-order valence-corrected chi connectivity index (χ0v) is 17.0. The van der Waals surface area contributed by atoms with Gasteiger partial charge in [-0.05, 0) is 37.1 Å². The van der Waals surface area contributed by atoms with Gasteiger partial charge in [0, 0.05) is 23.8 Å². The first kappa shape index (κ1) is 21.6. The molecular formula is C19H25ClN2O4S. The van der Waals surface area contributed by atoms with E-state index < -0.39 is 11.9 Å². The summed E-state index contributed by atoms with van der Waals surface area (Å²) in [5, 5.41) is 3.18. The molecule has 1 fully saturated rings. The molecule has 6 nitrogen and oxygen atoms in total. The highest BCUT2D eigenvalue weighted by molar-refractivity contribution is 8.00. The van der Waals surface area contributed by atoms with E-state index in [0.717, 1.165) is 12.8 Å². The average molecular weight is 413 g/mol. The fourth-order valence-electron chi connectivity index (χ4n) is 2.91. The molecule has 2 rings (SSSR count). The molecule has 0 aliphatic heterocycles. The molecule has 0 atom stereocenters. The van der Waals surface area contributed by atoms with Gasteiger partial charge < -0.3 is 15.0 Å². The minimum atomic E-state index is -0.514. The Kier molecular flexibility index (Phi) is 8.94. The molecule has 27 heavy (non-hydrogen) atoms. The molecule has 0 heterocycles. The van der Waals surface area contributed by atoms with Crippen molar-refractivity contribution in [3.63, 3.8) is 0 Å². The number of benzene rings is 1. The van der Waals surface area contributed by atoms with Crippen LogP contribution in [0.15, 0.2) is 24.3 Å². The Morgan fingerprint density at radius 1 is 1.15 bits per heavy atom. The van der Waals surface area contributed by atoms with Crippen LogP contribution in [0.25, 0.3) is 0 Å². The third kappa shape index (κ3) is 7.81. The van der Waals surface area contributed by atoms with Crippen LogP contribution in [-0.2, 0) is 19.1 Å². The molecule has 0 radical (unpaired) electrons. The molecule has 1 saturated carbocycles. The van der Waals surface area contributed by atoms with Crippen LogP contribution in [0.3, 0.4) is 0 Å². The number of thioether (sulfide) groups is 1. The molecule has 8 heteroatoms. The largest absolute Gasteiger partial charge is 0.455 e. The van der Waals surface area contributed by atoms with Crippen molar-refractivity contribution in [3.8, 4) is 0 Å². The fourth-order valence-corrected chi connectivity index (χ4v) is 3.77. The number of amides is 2. The summed E-state index contributed by atoms with van der Waals surface area (Å²) in [6, 6.07) is 6.94. The molecule has 0 bridgehead atoms.